The summed E-state index contributed by atoms with van der Waals surface area (Å²) in [4.78, 5) is 1.04. The van der Waals surface area contributed by atoms with Crippen molar-refractivity contribution < 1.29 is 5.11 Å². The van der Waals surface area contributed by atoms with Crippen LogP contribution >= 0.6 is 11.3 Å². The molecule has 4 N–H and O–H groups in total. The van der Waals surface area contributed by atoms with E-state index >= 15 is 0 Å². The Morgan fingerprint density at radius 2 is 2.36 bits per heavy atom. The Morgan fingerprint density at radius 3 is 2.79 bits per heavy atom. The fourth-order valence-electron chi connectivity index (χ4n) is 1.51. The number of aliphatic hydroxyl groups is 1. The van der Waals surface area contributed by atoms with Crippen LogP contribution in [0.4, 0.5) is 0 Å². The van der Waals surface area contributed by atoms with E-state index in [0.29, 0.717) is 6.54 Å². The predicted octanol–water partition coefficient (Wildman–Crippen LogP) is 1.03. The quantitative estimate of drug-likeness (QED) is 0.686. The molecule has 4 heteroatoms. The van der Waals surface area contributed by atoms with E-state index < -0.39 is 6.10 Å². The van der Waals surface area contributed by atoms with Gasteiger partial charge in [-0.3, -0.25) is 0 Å². The van der Waals surface area contributed by atoms with Crippen molar-refractivity contribution in [2.75, 3.05) is 13.6 Å². The summed E-state index contributed by atoms with van der Waals surface area (Å²) in [7, 11) is 1.85. The molecule has 0 saturated heterocycles. The van der Waals surface area contributed by atoms with E-state index in [0.717, 1.165) is 16.9 Å². The second-order valence-electron chi connectivity index (χ2n) is 3.39. The van der Waals surface area contributed by atoms with E-state index in [4.69, 9.17) is 5.73 Å². The third-order valence-electron chi connectivity index (χ3n) is 2.40. The van der Waals surface area contributed by atoms with Crippen LogP contribution in [0.5, 0.6) is 0 Å². The standard InChI is InChI=1S/C10H18N2OS/c1-7-4-6-14-10(7)9(13)8(12-2)3-5-11/h4,6,8-9,12-13H,3,5,11H2,1-2H3. The van der Waals surface area contributed by atoms with Gasteiger partial charge in [-0.15, -0.1) is 11.3 Å². The van der Waals surface area contributed by atoms with Crippen LogP contribution in [-0.2, 0) is 0 Å². The van der Waals surface area contributed by atoms with Crippen molar-refractivity contribution in [2.45, 2.75) is 25.5 Å². The predicted molar refractivity (Wildman–Crippen MR) is 60.5 cm³/mol. The number of hydrogen-bond acceptors (Lipinski definition) is 4. The largest absolute Gasteiger partial charge is 0.386 e. The molecule has 2 unspecified atom stereocenters. The van der Waals surface area contributed by atoms with Crippen LogP contribution in [0.15, 0.2) is 11.4 Å². The molecule has 14 heavy (non-hydrogen) atoms. The number of nitrogens with two attached hydrogens (primary N) is 1. The van der Waals surface area contributed by atoms with Crippen LogP contribution in [0.2, 0.25) is 0 Å². The minimum atomic E-state index is -0.441. The molecular weight excluding hydrogens is 196 g/mol. The number of aliphatic hydroxyl groups excluding tert-OH is 1. The van der Waals surface area contributed by atoms with Crippen molar-refractivity contribution in [3.05, 3.63) is 21.9 Å². The van der Waals surface area contributed by atoms with Crippen LogP contribution < -0.4 is 11.1 Å². The molecule has 1 rings (SSSR count). The lowest BCUT2D eigenvalue weighted by Crippen LogP contribution is -2.34. The molecule has 0 radical (unpaired) electrons. The molecule has 0 saturated carbocycles. The van der Waals surface area contributed by atoms with Gasteiger partial charge in [0.1, 0.15) is 6.10 Å². The zero-order valence-corrected chi connectivity index (χ0v) is 9.47. The van der Waals surface area contributed by atoms with E-state index in [-0.39, 0.29) is 6.04 Å². The molecule has 3 nitrogen and oxygen atoms in total. The second-order valence-corrected chi connectivity index (χ2v) is 4.33. The van der Waals surface area contributed by atoms with Gasteiger partial charge in [0.15, 0.2) is 0 Å². The normalized spacial score (nSPS) is 15.4. The van der Waals surface area contributed by atoms with Gasteiger partial charge >= 0.3 is 0 Å². The average molecular weight is 214 g/mol. The molecule has 2 atom stereocenters. The number of aryl methyl sites for hydroxylation is 1. The van der Waals surface area contributed by atoms with Crippen molar-refractivity contribution in [3.63, 3.8) is 0 Å². The van der Waals surface area contributed by atoms with E-state index in [9.17, 15) is 5.11 Å². The first-order chi connectivity index (χ1) is 6.70. The summed E-state index contributed by atoms with van der Waals surface area (Å²) in [6, 6.07) is 2.08. The molecule has 0 aliphatic rings. The highest BCUT2D eigenvalue weighted by Gasteiger charge is 2.20. The summed E-state index contributed by atoms with van der Waals surface area (Å²) in [6.45, 7) is 2.61. The van der Waals surface area contributed by atoms with Gasteiger partial charge in [0.2, 0.25) is 0 Å². The van der Waals surface area contributed by atoms with Crippen LogP contribution in [0.3, 0.4) is 0 Å². The van der Waals surface area contributed by atoms with Crippen LogP contribution in [0.25, 0.3) is 0 Å². The number of likely N-dealkylation sites (N-methyl/N-ethyl adjacent to an activating group) is 1. The Labute approximate surface area is 88.9 Å². The number of nitrogens with one attached hydrogen (secondary N) is 1. The van der Waals surface area contributed by atoms with Gasteiger partial charge in [-0.1, -0.05) is 0 Å². The Kier molecular flexibility index (Phi) is 4.54. The number of rotatable bonds is 5. The van der Waals surface area contributed by atoms with E-state index in [1.165, 1.54) is 0 Å². The molecule has 1 aromatic rings. The van der Waals surface area contributed by atoms with Gasteiger partial charge in [-0.05, 0) is 43.9 Å². The Morgan fingerprint density at radius 1 is 1.64 bits per heavy atom. The van der Waals surface area contributed by atoms with E-state index in [2.05, 4.69) is 5.32 Å². The summed E-state index contributed by atoms with van der Waals surface area (Å²) in [5.74, 6) is 0. The summed E-state index contributed by atoms with van der Waals surface area (Å²) < 4.78 is 0. The minimum absolute atomic E-state index is 0.0531. The van der Waals surface area contributed by atoms with Gasteiger partial charge in [-0.2, -0.15) is 0 Å². The molecular formula is C10H18N2OS. The first kappa shape index (κ1) is 11.7. The van der Waals surface area contributed by atoms with Gasteiger partial charge in [-0.25, -0.2) is 0 Å². The van der Waals surface area contributed by atoms with Crippen molar-refractivity contribution in [3.8, 4) is 0 Å². The molecule has 0 aromatic carbocycles. The highest BCUT2D eigenvalue weighted by molar-refractivity contribution is 7.10. The Hall–Kier alpha value is -0.420. The smallest absolute Gasteiger partial charge is 0.104 e. The van der Waals surface area contributed by atoms with Gasteiger partial charge in [0, 0.05) is 10.9 Å². The van der Waals surface area contributed by atoms with Crippen LogP contribution in [0.1, 0.15) is 23.0 Å². The summed E-state index contributed by atoms with van der Waals surface area (Å²) >= 11 is 1.60. The van der Waals surface area contributed by atoms with Gasteiger partial charge < -0.3 is 16.2 Å². The molecule has 1 heterocycles. The first-order valence-corrected chi connectivity index (χ1v) is 5.68. The van der Waals surface area contributed by atoms with Crippen molar-refractivity contribution in [2.24, 2.45) is 5.73 Å². The lowest BCUT2D eigenvalue weighted by molar-refractivity contribution is 0.132. The average Bonchev–Trinajstić information content (AvgIpc) is 2.59. The highest BCUT2D eigenvalue weighted by Crippen LogP contribution is 2.26. The number of hydrogen-bond donors (Lipinski definition) is 3. The molecule has 80 valence electrons. The van der Waals surface area contributed by atoms with Crippen molar-refractivity contribution >= 4 is 11.3 Å². The summed E-state index contributed by atoms with van der Waals surface area (Å²) in [6.07, 6.45) is 0.346. The Bertz CT molecular complexity index is 275. The van der Waals surface area contributed by atoms with Gasteiger partial charge in [0.25, 0.3) is 0 Å². The third kappa shape index (κ3) is 2.54. The lowest BCUT2D eigenvalue weighted by Gasteiger charge is -2.21. The summed E-state index contributed by atoms with van der Waals surface area (Å²) in [5.41, 5.74) is 6.64. The van der Waals surface area contributed by atoms with Crippen LogP contribution in [0, 0.1) is 6.92 Å². The second kappa shape index (κ2) is 5.46. The van der Waals surface area contributed by atoms with Gasteiger partial charge in [0.05, 0.1) is 0 Å². The minimum Gasteiger partial charge on any atom is -0.386 e. The topological polar surface area (TPSA) is 58.3 Å². The molecule has 0 aliphatic carbocycles. The fourth-order valence-corrected chi connectivity index (χ4v) is 2.49. The maximum absolute atomic E-state index is 10.1. The van der Waals surface area contributed by atoms with Crippen molar-refractivity contribution in [1.82, 2.24) is 5.32 Å². The molecule has 0 spiro atoms. The number of thiophene rings is 1. The maximum Gasteiger partial charge on any atom is 0.104 e. The molecule has 1 aromatic heterocycles. The highest BCUT2D eigenvalue weighted by atomic mass is 32.1. The summed E-state index contributed by atoms with van der Waals surface area (Å²) in [5, 5.41) is 15.2. The molecule has 0 aliphatic heterocycles. The van der Waals surface area contributed by atoms with Crippen molar-refractivity contribution in [1.29, 1.82) is 0 Å². The SMILES string of the molecule is CNC(CCN)C(O)c1sccc1C. The first-order valence-electron chi connectivity index (χ1n) is 4.80. The Balaban J connectivity index is 2.72. The molecule has 0 bridgehead atoms. The van der Waals surface area contributed by atoms with E-state index in [1.807, 2.05) is 25.4 Å². The van der Waals surface area contributed by atoms with Crippen LogP contribution in [-0.4, -0.2) is 24.7 Å². The maximum atomic E-state index is 10.1. The zero-order valence-electron chi connectivity index (χ0n) is 8.66. The third-order valence-corrected chi connectivity index (χ3v) is 3.49. The monoisotopic (exact) mass is 214 g/mol. The molecule has 0 amide bonds. The molecule has 0 fully saturated rings. The lowest BCUT2D eigenvalue weighted by atomic mass is 10.0. The zero-order chi connectivity index (χ0) is 10.6. The fraction of sp³-hybridized carbons (Fsp3) is 0.600. The van der Waals surface area contributed by atoms with E-state index in [1.54, 1.807) is 11.3 Å².